The molecule has 6 rings (SSSR count). The molecule has 0 aliphatic carbocycles. The van der Waals surface area contributed by atoms with Crippen molar-refractivity contribution in [2.24, 2.45) is 10.8 Å². The zero-order valence-corrected chi connectivity index (χ0v) is 33.9. The first-order chi connectivity index (χ1) is 23.3. The van der Waals surface area contributed by atoms with Crippen molar-refractivity contribution in [1.29, 1.82) is 0 Å². The molecule has 1 radical (unpaired) electrons. The second-order valence-corrected chi connectivity index (χ2v) is 15.6. The van der Waals surface area contributed by atoms with Crippen LogP contribution in [0, 0.1) is 16.9 Å². The molecule has 0 unspecified atom stereocenters. The van der Waals surface area contributed by atoms with Gasteiger partial charge in [0.05, 0.1) is 6.26 Å². The molecule has 0 bridgehead atoms. The van der Waals surface area contributed by atoms with E-state index in [9.17, 15) is 9.90 Å². The summed E-state index contributed by atoms with van der Waals surface area (Å²) in [5.41, 5.74) is 5.45. The Kier molecular flexibility index (Phi) is 12.3. The van der Waals surface area contributed by atoms with Crippen LogP contribution in [0.2, 0.25) is 0 Å². The fourth-order valence-corrected chi connectivity index (χ4v) is 7.00. The maximum absolute atomic E-state index is 12.2. The fraction of sp³-hybridized carbons (Fsp3) is 0.372. The average molecular weight is 866 g/mol. The number of hydrogen-bond donors (Lipinski definition) is 1. The summed E-state index contributed by atoms with van der Waals surface area (Å²) in [4.78, 5) is 22.7. The molecule has 4 aromatic heterocycles. The molecule has 0 amide bonds. The summed E-state index contributed by atoms with van der Waals surface area (Å²) in [6.45, 7) is 18.9. The molecule has 0 fully saturated rings. The minimum atomic E-state index is -0.337. The molecule has 5 nitrogen and oxygen atoms in total. The number of rotatable bonds is 9. The average Bonchev–Trinajstić information content (AvgIpc) is 3.77. The molecule has 0 spiro atoms. The van der Waals surface area contributed by atoms with Crippen LogP contribution in [0.25, 0.3) is 53.7 Å². The molecular formula is C43H49IrN2O3S-. The molecule has 6 aromatic rings. The molecule has 0 saturated heterocycles. The topological polar surface area (TPSA) is 76.2 Å². The Balaban J connectivity index is 0.000000269. The first kappa shape index (κ1) is 39.2. The molecule has 50 heavy (non-hydrogen) atoms. The second-order valence-electron chi connectivity index (χ2n) is 14.5. The Labute approximate surface area is 314 Å². The van der Waals surface area contributed by atoms with Crippen molar-refractivity contribution in [2.45, 2.75) is 93.4 Å². The number of benzene rings is 2. The Morgan fingerprint density at radius 2 is 1.56 bits per heavy atom. The van der Waals surface area contributed by atoms with Gasteiger partial charge in [0.2, 0.25) is 0 Å². The van der Waals surface area contributed by atoms with Crippen molar-refractivity contribution in [3.05, 3.63) is 96.7 Å². The predicted molar refractivity (Wildman–Crippen MR) is 206 cm³/mol. The first-order valence-corrected chi connectivity index (χ1v) is 18.2. The Morgan fingerprint density at radius 1 is 0.880 bits per heavy atom. The third kappa shape index (κ3) is 7.96. The van der Waals surface area contributed by atoms with Crippen molar-refractivity contribution >= 4 is 49.1 Å². The molecule has 7 heteroatoms. The van der Waals surface area contributed by atoms with Crippen LogP contribution in [0.3, 0.4) is 0 Å². The third-order valence-corrected chi connectivity index (χ3v) is 11.6. The van der Waals surface area contributed by atoms with Gasteiger partial charge in [0.15, 0.2) is 11.4 Å². The van der Waals surface area contributed by atoms with Crippen LogP contribution in [-0.4, -0.2) is 20.9 Å². The van der Waals surface area contributed by atoms with Crippen LogP contribution in [0.15, 0.2) is 89.5 Å². The molecule has 1 N–H and O–H groups in total. The van der Waals surface area contributed by atoms with Gasteiger partial charge in [-0.15, -0.1) is 40.5 Å². The van der Waals surface area contributed by atoms with Crippen molar-refractivity contribution in [2.75, 3.05) is 0 Å². The van der Waals surface area contributed by atoms with E-state index in [0.717, 1.165) is 69.3 Å². The first-order valence-electron chi connectivity index (χ1n) is 17.4. The standard InChI is InChI=1S/C28H21N2OS.C15H28O2.Ir/c1-28(2,3)22-13-18(12-17-6-4-5-7-20(17)22)27-21-15-26(32-25(21)8-10-29-27)19-14-24-23(30-16-19)9-11-31-24;1-7-14(5,8-2)12(16)11-13(17)15(6,9-3)10-4;/h4-11,13-16H,1-3H3;11,16H,7-10H2,1-6H3;/q-1;;/b;12-11-;. The fourth-order valence-electron chi connectivity index (χ4n) is 5.96. The number of aromatic nitrogens is 2. The summed E-state index contributed by atoms with van der Waals surface area (Å²) >= 11 is 1.75. The maximum atomic E-state index is 12.2. The number of allylic oxidation sites excluding steroid dienone is 2. The third-order valence-electron chi connectivity index (χ3n) is 10.5. The summed E-state index contributed by atoms with van der Waals surface area (Å²) in [5, 5.41) is 13.6. The normalized spacial score (nSPS) is 12.5. The summed E-state index contributed by atoms with van der Waals surface area (Å²) in [5.74, 6) is 0.286. The van der Waals surface area contributed by atoms with Gasteiger partial charge in [-0.05, 0) is 54.7 Å². The molecule has 0 aliphatic heterocycles. The van der Waals surface area contributed by atoms with E-state index in [2.05, 4.69) is 80.4 Å². The zero-order chi connectivity index (χ0) is 35.6. The Bertz CT molecular complexity index is 2130. The summed E-state index contributed by atoms with van der Waals surface area (Å²) in [6.07, 6.45) is 10.2. The van der Waals surface area contributed by atoms with Gasteiger partial charge < -0.3 is 9.52 Å². The monoisotopic (exact) mass is 866 g/mol. The molecule has 0 saturated carbocycles. The van der Waals surface area contributed by atoms with Gasteiger partial charge in [0.1, 0.15) is 11.3 Å². The predicted octanol–water partition coefficient (Wildman–Crippen LogP) is 12.7. The SMILES string of the molecule is CC(C)(C)c1cc(-c2nccc3sc(-c4cnc5ccoc5c4)cc23)[c-]c2ccccc12.CCC(C)(CC)C(=O)/C=C(\O)C(C)(CC)CC.[Ir]. The largest absolute Gasteiger partial charge is 0.512 e. The number of carbonyl (C=O) groups is 1. The number of fused-ring (bicyclic) bond motifs is 3. The van der Waals surface area contributed by atoms with Crippen LogP contribution in [-0.2, 0) is 30.3 Å². The summed E-state index contributed by atoms with van der Waals surface area (Å²) in [7, 11) is 0. The minimum Gasteiger partial charge on any atom is -0.512 e. The number of aliphatic hydroxyl groups excluding tert-OH is 1. The van der Waals surface area contributed by atoms with Gasteiger partial charge in [0, 0.05) is 76.3 Å². The van der Waals surface area contributed by atoms with Gasteiger partial charge in [-0.1, -0.05) is 91.5 Å². The smallest absolute Gasteiger partial charge is 0.164 e. The van der Waals surface area contributed by atoms with E-state index < -0.39 is 0 Å². The molecule has 2 aromatic carbocycles. The van der Waals surface area contributed by atoms with E-state index in [1.54, 1.807) is 17.6 Å². The number of pyridine rings is 2. The second kappa shape index (κ2) is 15.7. The Hall–Kier alpha value is -3.64. The number of ketones is 1. The summed E-state index contributed by atoms with van der Waals surface area (Å²) < 4.78 is 6.76. The molecule has 0 aliphatic rings. The van der Waals surface area contributed by atoms with E-state index in [4.69, 9.17) is 9.40 Å². The van der Waals surface area contributed by atoms with Gasteiger partial charge in [-0.2, -0.15) is 0 Å². The van der Waals surface area contributed by atoms with Crippen LogP contribution in [0.5, 0.6) is 0 Å². The van der Waals surface area contributed by atoms with Crippen LogP contribution in [0.4, 0.5) is 0 Å². The van der Waals surface area contributed by atoms with Crippen LogP contribution in [0.1, 0.15) is 93.6 Å². The van der Waals surface area contributed by atoms with Crippen LogP contribution >= 0.6 is 11.3 Å². The van der Waals surface area contributed by atoms with Gasteiger partial charge in [0.25, 0.3) is 0 Å². The van der Waals surface area contributed by atoms with Crippen molar-refractivity contribution in [1.82, 2.24) is 9.97 Å². The molecule has 265 valence electrons. The number of aliphatic hydroxyl groups is 1. The van der Waals surface area contributed by atoms with Gasteiger partial charge in [-0.25, -0.2) is 0 Å². The zero-order valence-electron chi connectivity index (χ0n) is 30.7. The number of thiophene rings is 1. The molecule has 4 heterocycles. The summed E-state index contributed by atoms with van der Waals surface area (Å²) in [6, 6.07) is 22.6. The molecule has 0 atom stereocenters. The number of nitrogens with zero attached hydrogens (tertiary/aromatic N) is 2. The number of carbonyl (C=O) groups excluding carboxylic acids is 1. The maximum Gasteiger partial charge on any atom is 0.164 e. The van der Waals surface area contributed by atoms with Gasteiger partial charge in [-0.3, -0.25) is 14.8 Å². The minimum absolute atomic E-state index is 0. The molecular weight excluding hydrogens is 817 g/mol. The van der Waals surface area contributed by atoms with E-state index in [1.807, 2.05) is 60.0 Å². The van der Waals surface area contributed by atoms with E-state index in [1.165, 1.54) is 21.7 Å². The van der Waals surface area contributed by atoms with Crippen LogP contribution < -0.4 is 0 Å². The van der Waals surface area contributed by atoms with E-state index in [0.29, 0.717) is 0 Å². The van der Waals surface area contributed by atoms with Crippen molar-refractivity contribution < 1.29 is 34.4 Å². The van der Waals surface area contributed by atoms with Crippen molar-refractivity contribution in [3.63, 3.8) is 0 Å². The number of furan rings is 1. The number of hydrogen-bond acceptors (Lipinski definition) is 6. The quantitative estimate of drug-likeness (QED) is 0.0890. The van der Waals surface area contributed by atoms with E-state index in [-0.39, 0.29) is 47.9 Å². The Morgan fingerprint density at radius 3 is 2.22 bits per heavy atom. The van der Waals surface area contributed by atoms with E-state index >= 15 is 0 Å². The van der Waals surface area contributed by atoms with Crippen molar-refractivity contribution in [3.8, 4) is 21.7 Å². The van der Waals surface area contributed by atoms with Gasteiger partial charge >= 0.3 is 0 Å².